The van der Waals surface area contributed by atoms with Gasteiger partial charge in [-0.15, -0.1) is 0 Å². The lowest BCUT2D eigenvalue weighted by atomic mass is 9.35. The third-order valence-electron chi connectivity index (χ3n) is 5.09. The number of ether oxygens (including phenoxy) is 2. The van der Waals surface area contributed by atoms with Crippen molar-refractivity contribution in [1.82, 2.24) is 0 Å². The number of hydrogen-bond acceptors (Lipinski definition) is 4. The Balaban J connectivity index is 2.63. The van der Waals surface area contributed by atoms with Crippen molar-refractivity contribution in [3.8, 4) is 0 Å². The van der Waals surface area contributed by atoms with Gasteiger partial charge in [-0.05, 0) is 13.8 Å². The number of methoxy groups -OCH3 is 2. The fourth-order valence-corrected chi connectivity index (χ4v) is 3.57. The third kappa shape index (κ3) is 0.982. The van der Waals surface area contributed by atoms with Gasteiger partial charge in [0.1, 0.15) is 0 Å². The van der Waals surface area contributed by atoms with Crippen molar-refractivity contribution < 1.29 is 19.1 Å². The lowest BCUT2D eigenvalue weighted by molar-refractivity contribution is -0.146. The van der Waals surface area contributed by atoms with Gasteiger partial charge in [0.2, 0.25) is 0 Å². The van der Waals surface area contributed by atoms with Gasteiger partial charge in [0.25, 0.3) is 0 Å². The van der Waals surface area contributed by atoms with Crippen LogP contribution in [0.3, 0.4) is 0 Å². The number of carbonyl (C=O) groups is 2. The molecule has 2 rings (SSSR count). The van der Waals surface area contributed by atoms with Gasteiger partial charge in [-0.2, -0.15) is 0 Å². The van der Waals surface area contributed by atoms with Crippen LogP contribution in [0.1, 0.15) is 27.7 Å². The number of allylic oxidation sites excluding steroid dienone is 2. The average molecular weight is 250 g/mol. The Hall–Kier alpha value is -1.58. The standard InChI is InChI=1S/C14H18O4/c1-7-8(2)14(4)10(12(16)18-6)9(11(15)17-5)13(7,14)3/h1-6H3/t13-,14-/m0/s1. The van der Waals surface area contributed by atoms with E-state index in [1.165, 1.54) is 14.2 Å². The molecule has 2 aliphatic rings. The van der Waals surface area contributed by atoms with E-state index in [0.717, 1.165) is 11.1 Å². The highest BCUT2D eigenvalue weighted by Crippen LogP contribution is 2.75. The molecule has 0 heterocycles. The highest BCUT2D eigenvalue weighted by Gasteiger charge is 2.71. The number of fused-ring (bicyclic) bond motifs is 1. The van der Waals surface area contributed by atoms with Crippen LogP contribution in [0.4, 0.5) is 0 Å². The molecular formula is C14H18O4. The molecule has 0 fully saturated rings. The first-order chi connectivity index (χ1) is 8.28. The molecule has 0 spiro atoms. The molecule has 98 valence electrons. The number of esters is 2. The Morgan fingerprint density at radius 2 is 1.11 bits per heavy atom. The van der Waals surface area contributed by atoms with Gasteiger partial charge in [0, 0.05) is 10.8 Å². The topological polar surface area (TPSA) is 52.6 Å². The second-order valence-corrected chi connectivity index (χ2v) is 5.23. The van der Waals surface area contributed by atoms with E-state index in [1.807, 2.05) is 27.7 Å². The highest BCUT2D eigenvalue weighted by atomic mass is 16.5. The lowest BCUT2D eigenvalue weighted by Crippen LogP contribution is -2.62. The molecule has 2 atom stereocenters. The highest BCUT2D eigenvalue weighted by molar-refractivity contribution is 6.09. The minimum Gasteiger partial charge on any atom is -0.466 e. The first-order valence-electron chi connectivity index (χ1n) is 5.88. The lowest BCUT2D eigenvalue weighted by Gasteiger charge is -2.65. The Labute approximate surface area is 107 Å². The Kier molecular flexibility index (Phi) is 2.48. The Morgan fingerprint density at radius 3 is 1.33 bits per heavy atom. The van der Waals surface area contributed by atoms with E-state index < -0.39 is 22.8 Å². The van der Waals surface area contributed by atoms with Crippen LogP contribution in [-0.4, -0.2) is 26.2 Å². The molecule has 0 aromatic carbocycles. The molecule has 0 aromatic rings. The summed E-state index contributed by atoms with van der Waals surface area (Å²) in [5.74, 6) is -0.885. The maximum Gasteiger partial charge on any atom is 0.335 e. The minimum absolute atomic E-state index is 0.395. The zero-order valence-corrected chi connectivity index (χ0v) is 11.6. The molecule has 4 nitrogen and oxygen atoms in total. The molecule has 0 N–H and O–H groups in total. The predicted molar refractivity (Wildman–Crippen MR) is 65.6 cm³/mol. The minimum atomic E-state index is -0.442. The van der Waals surface area contributed by atoms with Crippen molar-refractivity contribution in [1.29, 1.82) is 0 Å². The molecule has 18 heavy (non-hydrogen) atoms. The Bertz CT molecular complexity index is 480. The maximum absolute atomic E-state index is 11.9. The molecular weight excluding hydrogens is 232 g/mol. The predicted octanol–water partition coefficient (Wildman–Crippen LogP) is 2.01. The van der Waals surface area contributed by atoms with Gasteiger partial charge < -0.3 is 9.47 Å². The SMILES string of the molecule is COC(=O)C1=C(C(=O)OC)[C@]2(C)C(C)=C(C)[C@@]12C. The van der Waals surface area contributed by atoms with Crippen LogP contribution in [0, 0.1) is 10.8 Å². The molecule has 0 unspecified atom stereocenters. The van der Waals surface area contributed by atoms with Gasteiger partial charge in [0.15, 0.2) is 0 Å². The normalized spacial score (nSPS) is 33.4. The third-order valence-corrected chi connectivity index (χ3v) is 5.09. The fraction of sp³-hybridized carbons (Fsp3) is 0.571. The zero-order valence-electron chi connectivity index (χ0n) is 11.6. The van der Waals surface area contributed by atoms with Crippen molar-refractivity contribution in [2.75, 3.05) is 14.2 Å². The molecule has 0 bridgehead atoms. The molecule has 4 heteroatoms. The molecule has 0 aliphatic heterocycles. The summed E-state index contributed by atoms with van der Waals surface area (Å²) >= 11 is 0. The summed E-state index contributed by atoms with van der Waals surface area (Å²) in [6.07, 6.45) is 0. The van der Waals surface area contributed by atoms with E-state index in [2.05, 4.69) is 0 Å². The van der Waals surface area contributed by atoms with Crippen LogP contribution in [-0.2, 0) is 19.1 Å². The number of carbonyl (C=O) groups excluding carboxylic acids is 2. The van der Waals surface area contributed by atoms with E-state index in [4.69, 9.17) is 9.47 Å². The van der Waals surface area contributed by atoms with Crippen molar-refractivity contribution >= 4 is 11.9 Å². The van der Waals surface area contributed by atoms with E-state index in [1.54, 1.807) is 0 Å². The monoisotopic (exact) mass is 250 g/mol. The average Bonchev–Trinajstić information content (AvgIpc) is 2.39. The van der Waals surface area contributed by atoms with E-state index in [0.29, 0.717) is 11.1 Å². The summed E-state index contributed by atoms with van der Waals surface area (Å²) in [6, 6.07) is 0. The van der Waals surface area contributed by atoms with Gasteiger partial charge >= 0.3 is 11.9 Å². The summed E-state index contributed by atoms with van der Waals surface area (Å²) in [6.45, 7) is 7.95. The second-order valence-electron chi connectivity index (χ2n) is 5.23. The van der Waals surface area contributed by atoms with Crippen molar-refractivity contribution in [3.05, 3.63) is 22.3 Å². The van der Waals surface area contributed by atoms with E-state index in [-0.39, 0.29) is 0 Å². The molecule has 0 saturated carbocycles. The van der Waals surface area contributed by atoms with Gasteiger partial charge in [0.05, 0.1) is 25.4 Å². The van der Waals surface area contributed by atoms with E-state index >= 15 is 0 Å². The van der Waals surface area contributed by atoms with Crippen LogP contribution >= 0.6 is 0 Å². The quantitative estimate of drug-likeness (QED) is 0.555. The summed E-state index contributed by atoms with van der Waals surface area (Å²) in [4.78, 5) is 23.8. The van der Waals surface area contributed by atoms with Crippen LogP contribution in [0.25, 0.3) is 0 Å². The second kappa shape index (κ2) is 3.46. The van der Waals surface area contributed by atoms with E-state index in [9.17, 15) is 9.59 Å². The zero-order chi connectivity index (χ0) is 13.9. The van der Waals surface area contributed by atoms with Crippen LogP contribution in [0.5, 0.6) is 0 Å². The summed E-state index contributed by atoms with van der Waals surface area (Å²) < 4.78 is 9.60. The molecule has 0 amide bonds. The van der Waals surface area contributed by atoms with Crippen LogP contribution < -0.4 is 0 Å². The molecule has 0 aromatic heterocycles. The first-order valence-corrected chi connectivity index (χ1v) is 5.88. The van der Waals surface area contributed by atoms with Crippen molar-refractivity contribution in [3.63, 3.8) is 0 Å². The summed E-state index contributed by atoms with van der Waals surface area (Å²) in [7, 11) is 2.65. The van der Waals surface area contributed by atoms with Gasteiger partial charge in [-0.1, -0.05) is 25.0 Å². The molecule has 0 saturated heterocycles. The maximum atomic E-state index is 11.9. The number of rotatable bonds is 2. The summed E-state index contributed by atoms with van der Waals surface area (Å²) in [5, 5.41) is 0. The van der Waals surface area contributed by atoms with Crippen molar-refractivity contribution in [2.45, 2.75) is 27.7 Å². The molecule has 0 radical (unpaired) electrons. The van der Waals surface area contributed by atoms with Crippen LogP contribution in [0.15, 0.2) is 22.3 Å². The summed E-state index contributed by atoms with van der Waals surface area (Å²) in [5.41, 5.74) is 2.38. The van der Waals surface area contributed by atoms with Gasteiger partial charge in [-0.25, -0.2) is 9.59 Å². The molecule has 2 aliphatic carbocycles. The van der Waals surface area contributed by atoms with Crippen molar-refractivity contribution in [2.24, 2.45) is 10.8 Å². The fourth-order valence-electron chi connectivity index (χ4n) is 3.57. The number of hydrogen-bond donors (Lipinski definition) is 0. The van der Waals surface area contributed by atoms with Gasteiger partial charge in [-0.3, -0.25) is 0 Å². The largest absolute Gasteiger partial charge is 0.466 e. The Morgan fingerprint density at radius 1 is 0.833 bits per heavy atom. The first kappa shape index (κ1) is 12.9. The van der Waals surface area contributed by atoms with Crippen LogP contribution in [0.2, 0.25) is 0 Å². The smallest absolute Gasteiger partial charge is 0.335 e.